The second-order valence-corrected chi connectivity index (χ2v) is 8.29. The maximum atomic E-state index is 13.1. The molecule has 0 radical (unpaired) electrons. The van der Waals surface area contributed by atoms with Gasteiger partial charge in [-0.2, -0.15) is 0 Å². The number of carbonyl (C=O) groups is 2. The summed E-state index contributed by atoms with van der Waals surface area (Å²) in [4.78, 5) is 27.6. The summed E-state index contributed by atoms with van der Waals surface area (Å²) in [7, 11) is 0. The molecule has 4 rings (SSSR count). The zero-order valence-electron chi connectivity index (χ0n) is 16.8. The molecule has 1 unspecified atom stereocenters. The fourth-order valence-electron chi connectivity index (χ4n) is 3.82. The third-order valence-corrected chi connectivity index (χ3v) is 6.19. The number of furan rings is 1. The number of aryl methyl sites for hydroxylation is 3. The van der Waals surface area contributed by atoms with Gasteiger partial charge < -0.3 is 9.52 Å². The minimum atomic E-state index is -0.856. The van der Waals surface area contributed by atoms with Gasteiger partial charge in [0.25, 0.3) is 11.7 Å². The van der Waals surface area contributed by atoms with Crippen LogP contribution >= 0.6 is 15.9 Å². The van der Waals surface area contributed by atoms with Crippen LogP contribution in [-0.4, -0.2) is 16.8 Å². The van der Waals surface area contributed by atoms with Crippen LogP contribution in [0.4, 0.5) is 5.69 Å². The molecule has 0 bridgehead atoms. The Morgan fingerprint density at radius 3 is 2.43 bits per heavy atom. The standard InChI is InChI=1S/C24H20BrNO4/c1-13-6-9-18(15(3)11-13)26-21(19-5-4-10-30-19)20(23(28)24(26)29)22(27)16-7-8-17(25)14(2)12-16/h4-12,21,27H,1-3H3/b22-20-. The highest BCUT2D eigenvalue weighted by Gasteiger charge is 2.48. The Kier molecular flexibility index (Phi) is 5.12. The van der Waals surface area contributed by atoms with E-state index in [0.717, 1.165) is 21.2 Å². The Bertz CT molecular complexity index is 1190. The van der Waals surface area contributed by atoms with Gasteiger partial charge >= 0.3 is 0 Å². The van der Waals surface area contributed by atoms with Crippen molar-refractivity contribution in [2.45, 2.75) is 26.8 Å². The highest BCUT2D eigenvalue weighted by molar-refractivity contribution is 9.10. The average Bonchev–Trinajstić information content (AvgIpc) is 3.31. The van der Waals surface area contributed by atoms with E-state index < -0.39 is 17.7 Å². The van der Waals surface area contributed by atoms with Crippen molar-refractivity contribution in [2.24, 2.45) is 0 Å². The third-order valence-electron chi connectivity index (χ3n) is 5.30. The van der Waals surface area contributed by atoms with Gasteiger partial charge in [-0.3, -0.25) is 14.5 Å². The molecule has 2 heterocycles. The number of benzene rings is 2. The zero-order valence-corrected chi connectivity index (χ0v) is 18.4. The molecule has 1 aromatic heterocycles. The Morgan fingerprint density at radius 2 is 1.80 bits per heavy atom. The van der Waals surface area contributed by atoms with Gasteiger partial charge in [0.15, 0.2) is 0 Å². The SMILES string of the molecule is Cc1ccc(N2C(=O)C(=O)/C(=C(\O)c3ccc(Br)c(C)c3)C2c2ccco2)c(C)c1. The van der Waals surface area contributed by atoms with Crippen molar-refractivity contribution in [1.82, 2.24) is 0 Å². The van der Waals surface area contributed by atoms with Gasteiger partial charge in [-0.25, -0.2) is 0 Å². The van der Waals surface area contributed by atoms with E-state index in [-0.39, 0.29) is 11.3 Å². The van der Waals surface area contributed by atoms with Crippen molar-refractivity contribution >= 4 is 39.1 Å². The molecule has 1 N–H and O–H groups in total. The van der Waals surface area contributed by atoms with Crippen molar-refractivity contribution in [3.8, 4) is 0 Å². The van der Waals surface area contributed by atoms with Gasteiger partial charge in [-0.15, -0.1) is 0 Å². The average molecular weight is 466 g/mol. The number of amides is 1. The lowest BCUT2D eigenvalue weighted by atomic mass is 9.98. The van der Waals surface area contributed by atoms with Crippen LogP contribution in [0, 0.1) is 20.8 Å². The molecule has 3 aromatic rings. The molecule has 0 aliphatic carbocycles. The van der Waals surface area contributed by atoms with Crippen LogP contribution in [0.25, 0.3) is 5.76 Å². The number of carbonyl (C=O) groups excluding carboxylic acids is 2. The number of anilines is 1. The van der Waals surface area contributed by atoms with E-state index in [0.29, 0.717) is 17.0 Å². The molecular weight excluding hydrogens is 446 g/mol. The normalized spacial score (nSPS) is 18.3. The summed E-state index contributed by atoms with van der Waals surface area (Å²) in [6, 6.07) is 13.5. The van der Waals surface area contributed by atoms with E-state index >= 15 is 0 Å². The lowest BCUT2D eigenvalue weighted by molar-refractivity contribution is -0.132. The highest BCUT2D eigenvalue weighted by Crippen LogP contribution is 2.43. The number of nitrogens with zero attached hydrogens (tertiary/aromatic N) is 1. The summed E-state index contributed by atoms with van der Waals surface area (Å²) in [6.07, 6.45) is 1.49. The topological polar surface area (TPSA) is 70.8 Å². The molecule has 6 heteroatoms. The van der Waals surface area contributed by atoms with Crippen LogP contribution in [0.2, 0.25) is 0 Å². The fourth-order valence-corrected chi connectivity index (χ4v) is 4.07. The number of aliphatic hydroxyl groups is 1. The van der Waals surface area contributed by atoms with Crippen LogP contribution in [0.1, 0.15) is 34.1 Å². The lowest BCUT2D eigenvalue weighted by Gasteiger charge is -2.25. The third kappa shape index (κ3) is 3.27. The van der Waals surface area contributed by atoms with Crippen molar-refractivity contribution in [2.75, 3.05) is 4.90 Å². The van der Waals surface area contributed by atoms with Crippen LogP contribution in [0.3, 0.4) is 0 Å². The number of Topliss-reactive ketones (excluding diaryl/α,β-unsaturated/α-hetero) is 1. The maximum Gasteiger partial charge on any atom is 0.300 e. The lowest BCUT2D eigenvalue weighted by Crippen LogP contribution is -2.30. The van der Waals surface area contributed by atoms with E-state index in [4.69, 9.17) is 4.42 Å². The minimum absolute atomic E-state index is 0.0108. The van der Waals surface area contributed by atoms with Gasteiger partial charge in [0.2, 0.25) is 0 Å². The second-order valence-electron chi connectivity index (χ2n) is 7.44. The Balaban J connectivity index is 1.95. The number of rotatable bonds is 3. The minimum Gasteiger partial charge on any atom is -0.507 e. The summed E-state index contributed by atoms with van der Waals surface area (Å²) in [6.45, 7) is 5.74. The summed E-state index contributed by atoms with van der Waals surface area (Å²) >= 11 is 3.44. The van der Waals surface area contributed by atoms with E-state index in [2.05, 4.69) is 15.9 Å². The van der Waals surface area contributed by atoms with Crippen LogP contribution in [0.15, 0.2) is 69.3 Å². The first kappa shape index (κ1) is 20.2. The Hall–Kier alpha value is -3.12. The number of halogens is 1. The quantitative estimate of drug-likeness (QED) is 0.310. The molecule has 0 saturated carbocycles. The monoisotopic (exact) mass is 465 g/mol. The van der Waals surface area contributed by atoms with Gasteiger partial charge in [-0.1, -0.05) is 39.7 Å². The first-order chi connectivity index (χ1) is 14.3. The summed E-state index contributed by atoms with van der Waals surface area (Å²) in [5, 5.41) is 11.1. The predicted octanol–water partition coefficient (Wildman–Crippen LogP) is 5.59. The molecule has 1 aliphatic rings. The predicted molar refractivity (Wildman–Crippen MR) is 118 cm³/mol. The van der Waals surface area contributed by atoms with Gasteiger partial charge in [0.1, 0.15) is 17.6 Å². The number of aliphatic hydroxyl groups excluding tert-OH is 1. The smallest absolute Gasteiger partial charge is 0.300 e. The van der Waals surface area contributed by atoms with Crippen molar-refractivity contribution in [3.63, 3.8) is 0 Å². The fraction of sp³-hybridized carbons (Fsp3) is 0.167. The highest BCUT2D eigenvalue weighted by atomic mass is 79.9. The van der Waals surface area contributed by atoms with Gasteiger partial charge in [0.05, 0.1) is 11.8 Å². The maximum absolute atomic E-state index is 13.1. The van der Waals surface area contributed by atoms with Crippen molar-refractivity contribution in [1.29, 1.82) is 0 Å². The molecular formula is C24H20BrNO4. The van der Waals surface area contributed by atoms with E-state index in [1.807, 2.05) is 39.0 Å². The van der Waals surface area contributed by atoms with Crippen molar-refractivity contribution < 1.29 is 19.1 Å². The summed E-state index contributed by atoms with van der Waals surface area (Å²) in [5.41, 5.74) is 3.88. The first-order valence-corrected chi connectivity index (χ1v) is 10.3. The van der Waals surface area contributed by atoms with Crippen LogP contribution < -0.4 is 4.90 Å². The van der Waals surface area contributed by atoms with Crippen LogP contribution in [0.5, 0.6) is 0 Å². The van der Waals surface area contributed by atoms with Gasteiger partial charge in [0, 0.05) is 15.7 Å². The zero-order chi connectivity index (χ0) is 21.6. The molecule has 1 aliphatic heterocycles. The number of hydrogen-bond donors (Lipinski definition) is 1. The largest absolute Gasteiger partial charge is 0.507 e. The van der Waals surface area contributed by atoms with Crippen LogP contribution in [-0.2, 0) is 9.59 Å². The summed E-state index contributed by atoms with van der Waals surface area (Å²) < 4.78 is 6.48. The first-order valence-electron chi connectivity index (χ1n) is 9.47. The Morgan fingerprint density at radius 1 is 1.03 bits per heavy atom. The molecule has 1 amide bonds. The van der Waals surface area contributed by atoms with Gasteiger partial charge in [-0.05, 0) is 62.2 Å². The molecule has 1 atom stereocenters. The van der Waals surface area contributed by atoms with Crippen molar-refractivity contribution in [3.05, 3.63) is 92.9 Å². The molecule has 0 spiro atoms. The molecule has 1 saturated heterocycles. The molecule has 152 valence electrons. The summed E-state index contributed by atoms with van der Waals surface area (Å²) in [5.74, 6) is -1.25. The van der Waals surface area contributed by atoms with E-state index in [9.17, 15) is 14.7 Å². The molecule has 1 fully saturated rings. The molecule has 30 heavy (non-hydrogen) atoms. The molecule has 2 aromatic carbocycles. The molecule has 5 nitrogen and oxygen atoms in total. The van der Waals surface area contributed by atoms with E-state index in [1.54, 1.807) is 30.3 Å². The Labute approximate surface area is 182 Å². The second kappa shape index (κ2) is 7.61. The van der Waals surface area contributed by atoms with E-state index in [1.165, 1.54) is 11.2 Å². The number of hydrogen-bond acceptors (Lipinski definition) is 4. The number of ketones is 1.